The zero-order valence-corrected chi connectivity index (χ0v) is 17.3. The van der Waals surface area contributed by atoms with E-state index in [0.29, 0.717) is 4.91 Å². The maximum atomic E-state index is 12.1. The van der Waals surface area contributed by atoms with Gasteiger partial charge in [0.1, 0.15) is 0 Å². The zero-order chi connectivity index (χ0) is 18.4. The van der Waals surface area contributed by atoms with Gasteiger partial charge in [-0.3, -0.25) is 4.79 Å². The second-order valence-corrected chi connectivity index (χ2v) is 8.98. The summed E-state index contributed by atoms with van der Waals surface area (Å²) in [7, 11) is 3.23. The fraction of sp³-hybridized carbons (Fsp3) is 0.312. The fourth-order valence-corrected chi connectivity index (χ4v) is 5.72. The summed E-state index contributed by atoms with van der Waals surface area (Å²) in [5.74, 6) is -0.499. The van der Waals surface area contributed by atoms with Crippen molar-refractivity contribution in [3.8, 4) is 0 Å². The first kappa shape index (κ1) is 18.3. The van der Waals surface area contributed by atoms with Gasteiger partial charge in [0.05, 0.1) is 17.7 Å². The predicted octanol–water partition coefficient (Wildman–Crippen LogP) is 3.60. The number of hydrogen-bond acceptors (Lipinski definition) is 8. The molecule has 0 N–H and O–H groups in total. The maximum Gasteiger partial charge on any atom is 0.365 e. The normalized spacial score (nSPS) is 22.7. The molecule has 0 aromatic heterocycles. The van der Waals surface area contributed by atoms with Gasteiger partial charge in [0.15, 0.2) is 5.78 Å². The molecule has 132 valence electrons. The minimum absolute atomic E-state index is 0.00546. The third kappa shape index (κ3) is 2.98. The Kier molecular flexibility index (Phi) is 4.91. The van der Waals surface area contributed by atoms with Gasteiger partial charge in [0.25, 0.3) is 0 Å². The monoisotopic (exact) mass is 441 g/mol. The van der Waals surface area contributed by atoms with Gasteiger partial charge in [-0.25, -0.2) is 9.80 Å². The van der Waals surface area contributed by atoms with Crippen LogP contribution in [-0.2, 0) is 14.3 Å². The molecule has 0 saturated carbocycles. The summed E-state index contributed by atoms with van der Waals surface area (Å²) in [6.45, 7) is 3.44. The minimum Gasteiger partial charge on any atom is -0.464 e. The van der Waals surface area contributed by atoms with Crippen molar-refractivity contribution in [1.29, 1.82) is 0 Å². The molecule has 9 heteroatoms. The van der Waals surface area contributed by atoms with Crippen LogP contribution in [0, 0.1) is 0 Å². The van der Waals surface area contributed by atoms with Gasteiger partial charge < -0.3 is 9.64 Å². The number of nitrogens with zero attached hydrogens (tertiary/aromatic N) is 3. The molecule has 0 fully saturated rings. The number of carbonyl (C=O) groups excluding carboxylic acids is 2. The number of esters is 1. The summed E-state index contributed by atoms with van der Waals surface area (Å²) in [6, 6.07) is 7.63. The SMILES string of the molecule is COC(=O)C1=NN(c2ccc(Br)cc2)[C@]2(S1)SC(C(C)=O)=C(C)N2C. The molecular weight excluding hydrogens is 426 g/mol. The largest absolute Gasteiger partial charge is 0.464 e. The van der Waals surface area contributed by atoms with Crippen molar-refractivity contribution < 1.29 is 14.3 Å². The van der Waals surface area contributed by atoms with E-state index in [1.807, 2.05) is 43.1 Å². The van der Waals surface area contributed by atoms with Crippen LogP contribution in [-0.4, -0.2) is 40.2 Å². The van der Waals surface area contributed by atoms with Gasteiger partial charge >= 0.3 is 5.97 Å². The number of halogens is 1. The Morgan fingerprint density at radius 2 is 1.88 bits per heavy atom. The summed E-state index contributed by atoms with van der Waals surface area (Å²) in [4.78, 5) is 26.7. The Morgan fingerprint density at radius 3 is 2.40 bits per heavy atom. The van der Waals surface area contributed by atoms with Crippen LogP contribution in [0.2, 0.25) is 0 Å². The quantitative estimate of drug-likeness (QED) is 0.663. The first-order valence-electron chi connectivity index (χ1n) is 7.36. The van der Waals surface area contributed by atoms with E-state index in [1.165, 1.54) is 30.6 Å². The van der Waals surface area contributed by atoms with Crippen LogP contribution in [0.5, 0.6) is 0 Å². The van der Waals surface area contributed by atoms with Gasteiger partial charge in [-0.05, 0) is 49.9 Å². The lowest BCUT2D eigenvalue weighted by atomic mass is 10.3. The number of methoxy groups -OCH3 is 1. The predicted molar refractivity (Wildman–Crippen MR) is 105 cm³/mol. The number of ketones is 1. The van der Waals surface area contributed by atoms with Crippen molar-refractivity contribution in [3.63, 3.8) is 0 Å². The highest BCUT2D eigenvalue weighted by molar-refractivity contribution is 9.10. The first-order chi connectivity index (χ1) is 11.8. The lowest BCUT2D eigenvalue weighted by Crippen LogP contribution is -2.47. The van der Waals surface area contributed by atoms with Crippen molar-refractivity contribution in [2.75, 3.05) is 19.2 Å². The molecule has 2 heterocycles. The summed E-state index contributed by atoms with van der Waals surface area (Å²) in [5, 5.41) is 6.51. The van der Waals surface area contributed by atoms with E-state index in [2.05, 4.69) is 21.0 Å². The average molecular weight is 442 g/mol. The standard InChI is InChI=1S/C16H16BrN3O3S2/c1-9-13(10(2)21)24-16(19(9)3)20(12-7-5-11(17)6-8-12)18-14(25-16)15(22)23-4/h5-8H,1-4H3/t16-/m0/s1. The summed E-state index contributed by atoms with van der Waals surface area (Å²) < 4.78 is 5.01. The molecule has 6 nitrogen and oxygen atoms in total. The average Bonchev–Trinajstić information content (AvgIpc) is 3.09. The van der Waals surface area contributed by atoms with Crippen LogP contribution in [0.3, 0.4) is 0 Å². The smallest absolute Gasteiger partial charge is 0.365 e. The number of benzene rings is 1. The summed E-state index contributed by atoms with van der Waals surface area (Å²) >= 11 is 6.10. The number of anilines is 1. The zero-order valence-electron chi connectivity index (χ0n) is 14.1. The highest BCUT2D eigenvalue weighted by Crippen LogP contribution is 2.58. The Balaban J connectivity index is 2.08. The van der Waals surface area contributed by atoms with E-state index in [4.69, 9.17) is 4.74 Å². The fourth-order valence-electron chi connectivity index (χ4n) is 2.56. The number of hydrogen-bond donors (Lipinski definition) is 0. The molecule has 0 aliphatic carbocycles. The lowest BCUT2D eigenvalue weighted by molar-refractivity contribution is -0.132. The van der Waals surface area contributed by atoms with Crippen LogP contribution in [0.25, 0.3) is 0 Å². The summed E-state index contributed by atoms with van der Waals surface area (Å²) in [5.41, 5.74) is 1.67. The number of thioether (sulfide) groups is 2. The van der Waals surface area contributed by atoms with Crippen molar-refractivity contribution in [2.24, 2.45) is 5.10 Å². The Bertz CT molecular complexity index is 809. The second-order valence-electron chi connectivity index (χ2n) is 5.47. The topological polar surface area (TPSA) is 62.2 Å². The Hall–Kier alpha value is -1.45. The summed E-state index contributed by atoms with van der Waals surface area (Å²) in [6.07, 6.45) is 0. The van der Waals surface area contributed by atoms with Crippen LogP contribution < -0.4 is 5.01 Å². The maximum absolute atomic E-state index is 12.1. The van der Waals surface area contributed by atoms with E-state index < -0.39 is 10.3 Å². The van der Waals surface area contributed by atoms with Crippen molar-refractivity contribution >= 4 is 61.9 Å². The van der Waals surface area contributed by atoms with Gasteiger partial charge in [-0.15, -0.1) is 0 Å². The highest BCUT2D eigenvalue weighted by atomic mass is 79.9. The molecule has 1 aromatic rings. The molecule has 25 heavy (non-hydrogen) atoms. The first-order valence-corrected chi connectivity index (χ1v) is 9.79. The molecule has 0 unspecified atom stereocenters. The van der Waals surface area contributed by atoms with Crippen LogP contribution in [0.4, 0.5) is 5.69 Å². The molecule has 0 amide bonds. The molecule has 0 bridgehead atoms. The van der Waals surface area contributed by atoms with E-state index in [0.717, 1.165) is 15.9 Å². The van der Waals surface area contributed by atoms with Crippen molar-refractivity contribution in [1.82, 2.24) is 4.90 Å². The Labute approximate surface area is 162 Å². The molecule has 0 radical (unpaired) electrons. The molecule has 1 spiro atoms. The molecule has 3 rings (SSSR count). The molecule has 2 aliphatic rings. The number of Topliss-reactive ketones (excluding diaryl/α,β-unsaturated/α-hetero) is 1. The Morgan fingerprint density at radius 1 is 1.24 bits per heavy atom. The van der Waals surface area contributed by atoms with E-state index in [9.17, 15) is 9.59 Å². The van der Waals surface area contributed by atoms with Gasteiger partial charge in [0.2, 0.25) is 9.37 Å². The third-order valence-corrected chi connectivity index (χ3v) is 7.61. The van der Waals surface area contributed by atoms with E-state index in [-0.39, 0.29) is 10.8 Å². The molecule has 1 atom stereocenters. The van der Waals surface area contributed by atoms with Crippen LogP contribution >= 0.6 is 39.5 Å². The lowest BCUT2D eigenvalue weighted by Gasteiger charge is -2.39. The molecule has 1 aromatic carbocycles. The second kappa shape index (κ2) is 6.69. The molecule has 0 saturated heterocycles. The third-order valence-electron chi connectivity index (χ3n) is 3.93. The molecular formula is C16H16BrN3O3S2. The van der Waals surface area contributed by atoms with Crippen molar-refractivity contribution in [3.05, 3.63) is 39.3 Å². The number of ether oxygens (including phenoxy) is 1. The van der Waals surface area contributed by atoms with Crippen LogP contribution in [0.1, 0.15) is 13.8 Å². The van der Waals surface area contributed by atoms with Crippen molar-refractivity contribution in [2.45, 2.75) is 18.2 Å². The number of rotatable bonds is 3. The minimum atomic E-state index is -0.775. The van der Waals surface area contributed by atoms with Crippen LogP contribution in [0.15, 0.2) is 44.4 Å². The van der Waals surface area contributed by atoms with Gasteiger partial charge in [-0.1, -0.05) is 27.7 Å². The van der Waals surface area contributed by atoms with E-state index >= 15 is 0 Å². The van der Waals surface area contributed by atoms with Gasteiger partial charge in [0, 0.05) is 17.2 Å². The number of allylic oxidation sites excluding steroid dienone is 2. The highest BCUT2D eigenvalue weighted by Gasteiger charge is 2.55. The number of hydrazone groups is 1. The number of carbonyl (C=O) groups is 2. The molecule has 2 aliphatic heterocycles. The van der Waals surface area contributed by atoms with E-state index in [1.54, 1.807) is 11.9 Å². The van der Waals surface area contributed by atoms with Gasteiger partial charge in [-0.2, -0.15) is 5.10 Å².